The standard InChI is InChI=1S/C14H15ClN4O/c15-12-13(18-10-5-2-1-4-9(10)17-12)19-11(20)8-14(16)6-3-7-14/h1-2,4-5H,3,6-8,16H2,(H,18,19,20). The van der Waals surface area contributed by atoms with Crippen LogP contribution in [-0.2, 0) is 4.79 Å². The number of fused-ring (bicyclic) bond motifs is 1. The number of nitrogens with zero attached hydrogens (tertiary/aromatic N) is 2. The fourth-order valence-electron chi connectivity index (χ4n) is 2.36. The van der Waals surface area contributed by atoms with Gasteiger partial charge in [0.25, 0.3) is 0 Å². The maximum atomic E-state index is 12.0. The number of halogens is 1. The average Bonchev–Trinajstić information content (AvgIpc) is 2.37. The SMILES string of the molecule is NC1(CC(=O)Nc2nc3ccccc3nc2Cl)CCC1. The average molecular weight is 291 g/mol. The lowest BCUT2D eigenvalue weighted by Crippen LogP contribution is -2.49. The number of anilines is 1. The number of benzene rings is 1. The molecule has 1 aromatic carbocycles. The van der Waals surface area contributed by atoms with Crippen LogP contribution >= 0.6 is 11.6 Å². The van der Waals surface area contributed by atoms with E-state index in [2.05, 4.69) is 15.3 Å². The van der Waals surface area contributed by atoms with E-state index >= 15 is 0 Å². The van der Waals surface area contributed by atoms with E-state index in [1.165, 1.54) is 0 Å². The molecule has 1 heterocycles. The van der Waals surface area contributed by atoms with Gasteiger partial charge >= 0.3 is 0 Å². The van der Waals surface area contributed by atoms with Gasteiger partial charge in [0.05, 0.1) is 11.0 Å². The van der Waals surface area contributed by atoms with E-state index < -0.39 is 0 Å². The van der Waals surface area contributed by atoms with Gasteiger partial charge in [-0.25, -0.2) is 9.97 Å². The first kappa shape index (κ1) is 13.3. The summed E-state index contributed by atoms with van der Waals surface area (Å²) in [5.41, 5.74) is 7.09. The lowest BCUT2D eigenvalue weighted by molar-refractivity contribution is -0.118. The summed E-state index contributed by atoms with van der Waals surface area (Å²) in [4.78, 5) is 20.5. The van der Waals surface area contributed by atoms with E-state index in [4.69, 9.17) is 17.3 Å². The summed E-state index contributed by atoms with van der Waals surface area (Å²) in [5, 5.41) is 2.89. The molecule has 1 saturated carbocycles. The zero-order valence-corrected chi connectivity index (χ0v) is 11.7. The molecule has 1 amide bonds. The molecule has 6 heteroatoms. The molecule has 0 saturated heterocycles. The van der Waals surface area contributed by atoms with Crippen LogP contribution < -0.4 is 11.1 Å². The van der Waals surface area contributed by atoms with E-state index in [1.54, 1.807) is 0 Å². The number of hydrogen-bond donors (Lipinski definition) is 2. The van der Waals surface area contributed by atoms with Crippen LogP contribution in [0.2, 0.25) is 5.15 Å². The first-order valence-corrected chi connectivity index (χ1v) is 6.95. The van der Waals surface area contributed by atoms with E-state index in [9.17, 15) is 4.79 Å². The van der Waals surface area contributed by atoms with Gasteiger partial charge in [0.1, 0.15) is 0 Å². The second kappa shape index (κ2) is 5.00. The number of nitrogens with two attached hydrogens (primary N) is 1. The van der Waals surface area contributed by atoms with E-state index in [-0.39, 0.29) is 23.0 Å². The molecule has 0 bridgehead atoms. The van der Waals surface area contributed by atoms with E-state index in [1.807, 2.05) is 24.3 Å². The Morgan fingerprint density at radius 2 is 1.95 bits per heavy atom. The molecule has 2 aromatic rings. The lowest BCUT2D eigenvalue weighted by atomic mass is 9.75. The third kappa shape index (κ3) is 2.59. The van der Waals surface area contributed by atoms with Crippen LogP contribution in [0.15, 0.2) is 24.3 Å². The summed E-state index contributed by atoms with van der Waals surface area (Å²) in [5.74, 6) is 0.122. The first-order chi connectivity index (χ1) is 9.56. The van der Waals surface area contributed by atoms with Gasteiger partial charge in [-0.2, -0.15) is 0 Å². The second-order valence-corrected chi connectivity index (χ2v) is 5.65. The highest BCUT2D eigenvalue weighted by molar-refractivity contribution is 6.32. The van der Waals surface area contributed by atoms with Gasteiger partial charge in [-0.05, 0) is 31.4 Å². The molecular formula is C14H15ClN4O. The van der Waals surface area contributed by atoms with Crippen LogP contribution in [-0.4, -0.2) is 21.4 Å². The van der Waals surface area contributed by atoms with Crippen LogP contribution in [0.1, 0.15) is 25.7 Å². The number of para-hydroxylation sites is 2. The third-order valence-corrected chi connectivity index (χ3v) is 3.91. The van der Waals surface area contributed by atoms with Crippen molar-refractivity contribution >= 4 is 34.4 Å². The largest absolute Gasteiger partial charge is 0.325 e. The number of nitrogens with one attached hydrogen (secondary N) is 1. The molecule has 0 spiro atoms. The second-order valence-electron chi connectivity index (χ2n) is 5.29. The van der Waals surface area contributed by atoms with Crippen molar-refractivity contribution in [3.63, 3.8) is 0 Å². The highest BCUT2D eigenvalue weighted by atomic mass is 35.5. The topological polar surface area (TPSA) is 80.9 Å². The fraction of sp³-hybridized carbons (Fsp3) is 0.357. The molecule has 1 fully saturated rings. The van der Waals surface area contributed by atoms with Crippen molar-refractivity contribution in [2.45, 2.75) is 31.2 Å². The van der Waals surface area contributed by atoms with Crippen LogP contribution in [0.3, 0.4) is 0 Å². The van der Waals surface area contributed by atoms with Crippen molar-refractivity contribution in [1.29, 1.82) is 0 Å². The van der Waals surface area contributed by atoms with Gasteiger partial charge < -0.3 is 11.1 Å². The van der Waals surface area contributed by atoms with Crippen molar-refractivity contribution in [2.24, 2.45) is 5.73 Å². The molecule has 0 atom stereocenters. The summed E-state index contributed by atoms with van der Waals surface area (Å²) >= 11 is 6.05. The van der Waals surface area contributed by atoms with Gasteiger partial charge in [0.2, 0.25) is 5.91 Å². The normalized spacial score (nSPS) is 16.7. The monoisotopic (exact) mass is 290 g/mol. The minimum atomic E-state index is -0.360. The third-order valence-electron chi connectivity index (χ3n) is 3.65. The number of hydrogen-bond acceptors (Lipinski definition) is 4. The highest BCUT2D eigenvalue weighted by Crippen LogP contribution is 2.32. The number of aromatic nitrogens is 2. The molecular weight excluding hydrogens is 276 g/mol. The molecule has 1 aliphatic carbocycles. The fourth-order valence-corrected chi connectivity index (χ4v) is 2.54. The molecule has 0 radical (unpaired) electrons. The molecule has 20 heavy (non-hydrogen) atoms. The summed E-state index contributed by atoms with van der Waals surface area (Å²) < 4.78 is 0. The summed E-state index contributed by atoms with van der Waals surface area (Å²) in [7, 11) is 0. The number of amides is 1. The first-order valence-electron chi connectivity index (χ1n) is 6.57. The van der Waals surface area contributed by atoms with Crippen LogP contribution in [0, 0.1) is 0 Å². The van der Waals surface area contributed by atoms with Crippen molar-refractivity contribution in [3.05, 3.63) is 29.4 Å². The molecule has 104 valence electrons. The Kier molecular flexibility index (Phi) is 3.31. The minimum Gasteiger partial charge on any atom is -0.325 e. The molecule has 0 unspecified atom stereocenters. The van der Waals surface area contributed by atoms with E-state index in [0.29, 0.717) is 16.9 Å². The number of carbonyl (C=O) groups excluding carboxylic acids is 1. The van der Waals surface area contributed by atoms with Gasteiger partial charge in [-0.1, -0.05) is 23.7 Å². The molecule has 5 nitrogen and oxygen atoms in total. The van der Waals surface area contributed by atoms with Crippen LogP contribution in [0.25, 0.3) is 11.0 Å². The smallest absolute Gasteiger partial charge is 0.227 e. The van der Waals surface area contributed by atoms with Crippen molar-refractivity contribution in [1.82, 2.24) is 9.97 Å². The van der Waals surface area contributed by atoms with E-state index in [0.717, 1.165) is 19.3 Å². The Bertz CT molecular complexity index is 669. The lowest BCUT2D eigenvalue weighted by Gasteiger charge is -2.37. The van der Waals surface area contributed by atoms with Gasteiger partial charge in [0, 0.05) is 12.0 Å². The maximum absolute atomic E-state index is 12.0. The Morgan fingerprint density at radius 1 is 1.30 bits per heavy atom. The zero-order valence-electron chi connectivity index (χ0n) is 10.9. The molecule has 3 rings (SSSR count). The van der Waals surface area contributed by atoms with Gasteiger partial charge in [-0.3, -0.25) is 4.79 Å². The van der Waals surface area contributed by atoms with Crippen molar-refractivity contribution in [3.8, 4) is 0 Å². The molecule has 1 aromatic heterocycles. The Balaban J connectivity index is 1.79. The van der Waals surface area contributed by atoms with Crippen molar-refractivity contribution in [2.75, 3.05) is 5.32 Å². The Labute approximate surface area is 121 Å². The quantitative estimate of drug-likeness (QED) is 0.910. The predicted octanol–water partition coefficient (Wildman–Crippen LogP) is 2.49. The summed E-state index contributed by atoms with van der Waals surface area (Å²) in [6, 6.07) is 7.37. The van der Waals surface area contributed by atoms with Crippen LogP contribution in [0.5, 0.6) is 0 Å². The van der Waals surface area contributed by atoms with Crippen molar-refractivity contribution < 1.29 is 4.79 Å². The van der Waals surface area contributed by atoms with Crippen LogP contribution in [0.4, 0.5) is 5.82 Å². The molecule has 1 aliphatic rings. The number of rotatable bonds is 3. The summed E-state index contributed by atoms with van der Waals surface area (Å²) in [6.45, 7) is 0. The number of carbonyl (C=O) groups is 1. The zero-order chi connectivity index (χ0) is 14.2. The minimum absolute atomic E-state index is 0.168. The molecule has 3 N–H and O–H groups in total. The summed E-state index contributed by atoms with van der Waals surface area (Å²) in [6.07, 6.45) is 3.15. The van der Waals surface area contributed by atoms with Gasteiger partial charge in [0.15, 0.2) is 11.0 Å². The highest BCUT2D eigenvalue weighted by Gasteiger charge is 2.34. The molecule has 0 aliphatic heterocycles. The maximum Gasteiger partial charge on any atom is 0.227 e. The Morgan fingerprint density at radius 3 is 2.55 bits per heavy atom. The van der Waals surface area contributed by atoms with Gasteiger partial charge in [-0.15, -0.1) is 0 Å². The predicted molar refractivity (Wildman–Crippen MR) is 78.6 cm³/mol. The Hall–Kier alpha value is -1.72.